The molecule has 33 heavy (non-hydrogen) atoms. The first-order valence-electron chi connectivity index (χ1n) is 10.8. The normalized spacial score (nSPS) is 19.3. The molecule has 0 saturated carbocycles. The number of methoxy groups -OCH3 is 3. The Morgan fingerprint density at radius 2 is 1.76 bits per heavy atom. The highest BCUT2D eigenvalue weighted by Gasteiger charge is 2.46. The lowest BCUT2D eigenvalue weighted by molar-refractivity contribution is -0.136. The molecule has 0 aliphatic carbocycles. The van der Waals surface area contributed by atoms with Crippen LogP contribution in [0.25, 0.3) is 5.57 Å². The van der Waals surface area contributed by atoms with Crippen LogP contribution in [0.4, 0.5) is 9.18 Å². The molecule has 2 unspecified atom stereocenters. The summed E-state index contributed by atoms with van der Waals surface area (Å²) >= 11 is 0. The molecule has 2 heterocycles. The van der Waals surface area contributed by atoms with Gasteiger partial charge in [-0.05, 0) is 60.2 Å². The lowest BCUT2D eigenvalue weighted by atomic mass is 9.88. The number of nitrogens with zero attached hydrogens (tertiary/aromatic N) is 1. The van der Waals surface area contributed by atoms with Crippen molar-refractivity contribution in [2.45, 2.75) is 37.9 Å². The molecule has 8 heteroatoms. The van der Waals surface area contributed by atoms with Crippen LogP contribution in [0.1, 0.15) is 30.4 Å². The molecule has 2 aliphatic heterocycles. The highest BCUT2D eigenvalue weighted by molar-refractivity contribution is 6.01. The summed E-state index contributed by atoms with van der Waals surface area (Å²) in [6, 6.07) is 10.9. The summed E-state index contributed by atoms with van der Waals surface area (Å²) < 4.78 is 29.0. The fourth-order valence-corrected chi connectivity index (χ4v) is 4.76. The molecule has 0 radical (unpaired) electrons. The summed E-state index contributed by atoms with van der Waals surface area (Å²) in [5.74, 6) is 0.400. The number of amides is 2. The molecule has 0 spiro atoms. The van der Waals surface area contributed by atoms with Gasteiger partial charge in [0.15, 0.2) is 11.5 Å². The summed E-state index contributed by atoms with van der Waals surface area (Å²) in [5, 5.41) is 2.91. The summed E-state index contributed by atoms with van der Waals surface area (Å²) in [4.78, 5) is 27.7. The Hall–Kier alpha value is -3.55. The van der Waals surface area contributed by atoms with E-state index in [0.717, 1.165) is 23.1 Å². The van der Waals surface area contributed by atoms with Gasteiger partial charge in [-0.25, -0.2) is 14.0 Å². The highest BCUT2D eigenvalue weighted by atomic mass is 19.1. The third-order valence-electron chi connectivity index (χ3n) is 6.33. The van der Waals surface area contributed by atoms with Crippen molar-refractivity contribution < 1.29 is 28.2 Å². The molecule has 174 valence electrons. The van der Waals surface area contributed by atoms with Crippen LogP contribution in [0.5, 0.6) is 11.5 Å². The molecular weight excluding hydrogens is 427 g/mol. The maximum Gasteiger partial charge on any atom is 0.336 e. The van der Waals surface area contributed by atoms with Gasteiger partial charge in [0.1, 0.15) is 5.82 Å². The fourth-order valence-electron chi connectivity index (χ4n) is 4.76. The second-order valence-electron chi connectivity index (χ2n) is 8.10. The lowest BCUT2D eigenvalue weighted by Crippen LogP contribution is -2.50. The van der Waals surface area contributed by atoms with Crippen LogP contribution in [-0.4, -0.2) is 50.3 Å². The average molecular weight is 454 g/mol. The van der Waals surface area contributed by atoms with Crippen molar-refractivity contribution in [2.24, 2.45) is 0 Å². The number of fused-ring (bicyclic) bond motifs is 2. The van der Waals surface area contributed by atoms with E-state index < -0.39 is 5.97 Å². The van der Waals surface area contributed by atoms with Crippen molar-refractivity contribution in [3.05, 3.63) is 65.0 Å². The highest BCUT2D eigenvalue weighted by Crippen LogP contribution is 2.44. The minimum absolute atomic E-state index is 0.0419. The summed E-state index contributed by atoms with van der Waals surface area (Å²) in [7, 11) is 4.48. The van der Waals surface area contributed by atoms with Crippen molar-refractivity contribution in [3.8, 4) is 11.5 Å². The third-order valence-corrected chi connectivity index (χ3v) is 6.33. The second-order valence-corrected chi connectivity index (χ2v) is 8.10. The molecule has 0 aromatic heterocycles. The zero-order valence-electron chi connectivity index (χ0n) is 18.9. The number of halogens is 1. The first-order valence-corrected chi connectivity index (χ1v) is 10.8. The lowest BCUT2D eigenvalue weighted by Gasteiger charge is -2.37. The van der Waals surface area contributed by atoms with Crippen molar-refractivity contribution >= 4 is 17.6 Å². The molecule has 2 bridgehead atoms. The molecule has 2 aromatic carbocycles. The number of benzene rings is 2. The van der Waals surface area contributed by atoms with Crippen molar-refractivity contribution in [2.75, 3.05) is 21.3 Å². The second kappa shape index (κ2) is 9.52. The number of carbonyl (C=O) groups is 2. The monoisotopic (exact) mass is 454 g/mol. The summed E-state index contributed by atoms with van der Waals surface area (Å²) in [6.45, 7) is 0.273. The van der Waals surface area contributed by atoms with E-state index in [1.54, 1.807) is 37.3 Å². The van der Waals surface area contributed by atoms with E-state index in [1.807, 2.05) is 12.1 Å². The van der Waals surface area contributed by atoms with Gasteiger partial charge < -0.3 is 24.4 Å². The zero-order chi connectivity index (χ0) is 23.5. The van der Waals surface area contributed by atoms with Gasteiger partial charge in [-0.2, -0.15) is 0 Å². The van der Waals surface area contributed by atoms with Crippen LogP contribution in [0.15, 0.2) is 48.0 Å². The van der Waals surface area contributed by atoms with Crippen LogP contribution in [-0.2, 0) is 16.1 Å². The first-order chi connectivity index (χ1) is 16.0. The molecule has 7 nitrogen and oxygen atoms in total. The van der Waals surface area contributed by atoms with Gasteiger partial charge >= 0.3 is 12.0 Å². The van der Waals surface area contributed by atoms with Crippen molar-refractivity contribution in [3.63, 3.8) is 0 Å². The summed E-state index contributed by atoms with van der Waals surface area (Å²) in [6.07, 6.45) is 1.99. The van der Waals surface area contributed by atoms with Gasteiger partial charge in [0.25, 0.3) is 0 Å². The van der Waals surface area contributed by atoms with Crippen LogP contribution in [0.2, 0.25) is 0 Å². The molecule has 2 amide bonds. The fraction of sp³-hybridized carbons (Fsp3) is 0.360. The molecule has 2 aliphatic rings. The SMILES string of the molecule is COC(=O)C1=C(c2ccc(OC)c(OC)c2)CC2CCC1N2C(=O)NCc1ccc(F)cc1. The minimum atomic E-state index is -0.443. The molecule has 1 saturated heterocycles. The zero-order valence-corrected chi connectivity index (χ0v) is 18.9. The number of hydrogen-bond donors (Lipinski definition) is 1. The van der Waals surface area contributed by atoms with E-state index in [9.17, 15) is 14.0 Å². The molecule has 1 N–H and O–H groups in total. The van der Waals surface area contributed by atoms with Gasteiger partial charge in [0, 0.05) is 12.6 Å². The number of nitrogens with one attached hydrogen (secondary N) is 1. The van der Waals surface area contributed by atoms with Gasteiger partial charge in [-0.1, -0.05) is 18.2 Å². The molecule has 2 aromatic rings. The predicted molar refractivity (Wildman–Crippen MR) is 120 cm³/mol. The third kappa shape index (κ3) is 4.37. The van der Waals surface area contributed by atoms with Crippen LogP contribution in [0.3, 0.4) is 0 Å². The minimum Gasteiger partial charge on any atom is -0.493 e. The van der Waals surface area contributed by atoms with Gasteiger partial charge in [-0.3, -0.25) is 0 Å². The van der Waals surface area contributed by atoms with E-state index in [0.29, 0.717) is 29.9 Å². The number of esters is 1. The van der Waals surface area contributed by atoms with Crippen LogP contribution < -0.4 is 14.8 Å². The topological polar surface area (TPSA) is 77.1 Å². The van der Waals surface area contributed by atoms with Gasteiger partial charge in [0.2, 0.25) is 0 Å². The Bertz CT molecular complexity index is 1080. The molecule has 2 atom stereocenters. The number of hydrogen-bond acceptors (Lipinski definition) is 5. The molecule has 1 fully saturated rings. The van der Waals surface area contributed by atoms with Crippen LogP contribution in [0, 0.1) is 5.82 Å². The number of rotatable bonds is 6. The van der Waals surface area contributed by atoms with Gasteiger partial charge in [-0.15, -0.1) is 0 Å². The Balaban J connectivity index is 1.63. The average Bonchev–Trinajstić information content (AvgIpc) is 3.15. The van der Waals surface area contributed by atoms with E-state index in [1.165, 1.54) is 19.2 Å². The molecule has 4 rings (SSSR count). The number of ether oxygens (including phenoxy) is 3. The quantitative estimate of drug-likeness (QED) is 0.670. The maximum atomic E-state index is 13.1. The van der Waals surface area contributed by atoms with Crippen LogP contribution >= 0.6 is 0 Å². The Kier molecular flexibility index (Phi) is 6.53. The Morgan fingerprint density at radius 1 is 1.03 bits per heavy atom. The maximum absolute atomic E-state index is 13.1. The summed E-state index contributed by atoms with van der Waals surface area (Å²) in [5.41, 5.74) is 2.99. The smallest absolute Gasteiger partial charge is 0.336 e. The Labute approximate surface area is 192 Å². The van der Waals surface area contributed by atoms with E-state index in [2.05, 4.69) is 5.32 Å². The number of carbonyl (C=O) groups excluding carboxylic acids is 2. The predicted octanol–water partition coefficient (Wildman–Crippen LogP) is 3.92. The molecular formula is C25H27FN2O5. The van der Waals surface area contributed by atoms with Gasteiger partial charge in [0.05, 0.1) is 32.9 Å². The van der Waals surface area contributed by atoms with E-state index in [-0.39, 0.29) is 30.5 Å². The number of urea groups is 1. The largest absolute Gasteiger partial charge is 0.493 e. The van der Waals surface area contributed by atoms with Crippen molar-refractivity contribution in [1.82, 2.24) is 10.2 Å². The first kappa shape index (κ1) is 22.6. The standard InChI is InChI=1S/C25H27FN2O5/c1-31-21-11-6-16(12-22(21)32-2)19-13-18-9-10-20(23(19)24(29)33-3)28(18)25(30)27-14-15-4-7-17(26)8-5-15/h4-8,11-12,18,20H,9-10,13-14H2,1-3H3,(H,27,30). The Morgan fingerprint density at radius 3 is 2.42 bits per heavy atom. The van der Waals surface area contributed by atoms with E-state index >= 15 is 0 Å². The van der Waals surface area contributed by atoms with Crippen molar-refractivity contribution in [1.29, 1.82) is 0 Å². The van der Waals surface area contributed by atoms with E-state index in [4.69, 9.17) is 14.2 Å².